The van der Waals surface area contributed by atoms with Gasteiger partial charge in [0.1, 0.15) is 23.6 Å². The molecule has 7 heteroatoms. The highest BCUT2D eigenvalue weighted by atomic mass is 16.7. The number of hydrogen-bond acceptors (Lipinski definition) is 7. The van der Waals surface area contributed by atoms with E-state index in [2.05, 4.69) is 34.6 Å². The maximum Gasteiger partial charge on any atom is 0.339 e. The Morgan fingerprint density at radius 3 is 2.46 bits per heavy atom. The molecule has 0 unspecified atom stereocenters. The first kappa shape index (κ1) is 23.3. The average molecular weight is 485 g/mol. The SMILES string of the molecule is CC(=O)O[C@H]1C[C@@H]2C(C)(C)C(=O)CC[C@]2(C)[C@@H]2CC[C@@]3(C)[C@H](c4ccoc4)OC(=O)[C@@H]4O[C@@]43[C@]12C. The molecule has 1 aromatic heterocycles. The Balaban J connectivity index is 1.53. The van der Waals surface area contributed by atoms with Crippen molar-refractivity contribution in [2.45, 2.75) is 97.6 Å². The molecule has 9 atom stereocenters. The van der Waals surface area contributed by atoms with Crippen LogP contribution in [0.25, 0.3) is 0 Å². The van der Waals surface area contributed by atoms with E-state index < -0.39 is 40.2 Å². The Kier molecular flexibility index (Phi) is 4.51. The van der Waals surface area contributed by atoms with Crippen molar-refractivity contribution in [2.75, 3.05) is 0 Å². The van der Waals surface area contributed by atoms with Gasteiger partial charge >= 0.3 is 11.9 Å². The van der Waals surface area contributed by atoms with Crippen molar-refractivity contribution in [3.05, 3.63) is 24.2 Å². The van der Waals surface area contributed by atoms with Crippen LogP contribution in [0, 0.1) is 33.5 Å². The third kappa shape index (κ3) is 2.53. The molecule has 2 saturated heterocycles. The first-order valence-electron chi connectivity index (χ1n) is 12.9. The van der Waals surface area contributed by atoms with Crippen LogP contribution in [-0.2, 0) is 28.6 Å². The molecule has 3 aliphatic carbocycles. The molecule has 0 radical (unpaired) electrons. The lowest BCUT2D eigenvalue weighted by molar-refractivity contribution is -0.263. The second-order valence-corrected chi connectivity index (χ2v) is 12.9. The molecule has 1 spiro atoms. The van der Waals surface area contributed by atoms with Gasteiger partial charge in [0.15, 0.2) is 6.10 Å². The molecule has 0 aromatic carbocycles. The summed E-state index contributed by atoms with van der Waals surface area (Å²) >= 11 is 0. The van der Waals surface area contributed by atoms with Crippen LogP contribution in [0.5, 0.6) is 0 Å². The summed E-state index contributed by atoms with van der Waals surface area (Å²) in [5.74, 6) is -0.213. The summed E-state index contributed by atoms with van der Waals surface area (Å²) in [6, 6.07) is 1.85. The number of esters is 2. The zero-order valence-corrected chi connectivity index (χ0v) is 21.5. The summed E-state index contributed by atoms with van der Waals surface area (Å²) in [5, 5.41) is 0. The van der Waals surface area contributed by atoms with Gasteiger partial charge in [0.2, 0.25) is 0 Å². The highest BCUT2D eigenvalue weighted by Gasteiger charge is 2.88. The molecule has 35 heavy (non-hydrogen) atoms. The zero-order chi connectivity index (χ0) is 25.2. The maximum absolute atomic E-state index is 13.3. The highest BCUT2D eigenvalue weighted by molar-refractivity contribution is 5.86. The van der Waals surface area contributed by atoms with Crippen LogP contribution in [0.4, 0.5) is 0 Å². The van der Waals surface area contributed by atoms with Crippen LogP contribution >= 0.6 is 0 Å². The summed E-state index contributed by atoms with van der Waals surface area (Å²) in [6.45, 7) is 12.2. The number of Topliss-reactive ketones (excluding diaryl/α,β-unsaturated/α-hetero) is 1. The van der Waals surface area contributed by atoms with E-state index >= 15 is 0 Å². The Morgan fingerprint density at radius 1 is 1.06 bits per heavy atom. The van der Waals surface area contributed by atoms with E-state index in [4.69, 9.17) is 18.6 Å². The number of hydrogen-bond donors (Lipinski definition) is 0. The largest absolute Gasteiger partial charge is 0.472 e. The summed E-state index contributed by atoms with van der Waals surface area (Å²) in [5.41, 5.74) is -1.76. The van der Waals surface area contributed by atoms with Crippen molar-refractivity contribution in [2.24, 2.45) is 33.5 Å². The Hall–Kier alpha value is -2.15. The fraction of sp³-hybridized carbons (Fsp3) is 0.750. The summed E-state index contributed by atoms with van der Waals surface area (Å²) in [4.78, 5) is 38.7. The van der Waals surface area contributed by atoms with Gasteiger partial charge < -0.3 is 18.6 Å². The Labute approximate surface area is 206 Å². The van der Waals surface area contributed by atoms with E-state index in [0.717, 1.165) is 24.8 Å². The lowest BCUT2D eigenvalue weighted by Gasteiger charge is -2.69. The number of epoxide rings is 1. The first-order chi connectivity index (χ1) is 16.3. The molecule has 5 fully saturated rings. The van der Waals surface area contributed by atoms with E-state index in [1.54, 1.807) is 12.5 Å². The van der Waals surface area contributed by atoms with Gasteiger partial charge in [-0.05, 0) is 49.0 Å². The third-order valence-corrected chi connectivity index (χ3v) is 11.3. The molecule has 190 valence electrons. The van der Waals surface area contributed by atoms with Crippen molar-refractivity contribution in [1.82, 2.24) is 0 Å². The number of carbonyl (C=O) groups is 3. The number of ketones is 1. The van der Waals surface area contributed by atoms with Crippen LogP contribution in [0.2, 0.25) is 0 Å². The quantitative estimate of drug-likeness (QED) is 0.440. The predicted octanol–water partition coefficient (Wildman–Crippen LogP) is 4.78. The monoisotopic (exact) mass is 484 g/mol. The van der Waals surface area contributed by atoms with Gasteiger partial charge in [0, 0.05) is 35.2 Å². The second kappa shape index (κ2) is 6.78. The Morgan fingerprint density at radius 2 is 1.80 bits per heavy atom. The molecule has 0 bridgehead atoms. The van der Waals surface area contributed by atoms with E-state index in [9.17, 15) is 14.4 Å². The van der Waals surface area contributed by atoms with Crippen molar-refractivity contribution < 1.29 is 33.0 Å². The topological polar surface area (TPSA) is 95.3 Å². The lowest BCUT2D eigenvalue weighted by Crippen LogP contribution is -2.73. The van der Waals surface area contributed by atoms with Crippen molar-refractivity contribution in [3.63, 3.8) is 0 Å². The molecule has 3 heterocycles. The van der Waals surface area contributed by atoms with Crippen LogP contribution in [-0.4, -0.2) is 35.5 Å². The predicted molar refractivity (Wildman–Crippen MR) is 124 cm³/mol. The number of carbonyl (C=O) groups excluding carboxylic acids is 3. The van der Waals surface area contributed by atoms with E-state index in [1.165, 1.54) is 6.92 Å². The van der Waals surface area contributed by atoms with Crippen LogP contribution < -0.4 is 0 Å². The van der Waals surface area contributed by atoms with E-state index in [0.29, 0.717) is 12.8 Å². The minimum Gasteiger partial charge on any atom is -0.472 e. The van der Waals surface area contributed by atoms with Gasteiger partial charge in [-0.15, -0.1) is 0 Å². The molecule has 5 aliphatic rings. The molecule has 1 aromatic rings. The van der Waals surface area contributed by atoms with Crippen molar-refractivity contribution in [3.8, 4) is 0 Å². The normalized spacial score (nSPS) is 49.6. The standard InChI is InChI=1S/C28H36O7/c1-15(29)33-20-13-18-24(2,3)19(30)8-10-25(18,4)17-7-11-26(5)21(16-9-12-32-14-16)34-23(31)22-28(26,35-22)27(17,20)6/h9,12,14,17-18,20-22H,7-8,10-11,13H2,1-6H3/t17-,18+,20-,21-,22-,25+,26-,27-,28-/m0/s1. The minimum atomic E-state index is -0.820. The molecule has 7 nitrogen and oxygen atoms in total. The van der Waals surface area contributed by atoms with Gasteiger partial charge in [0.25, 0.3) is 0 Å². The number of rotatable bonds is 2. The molecule has 3 saturated carbocycles. The first-order valence-corrected chi connectivity index (χ1v) is 12.9. The second-order valence-electron chi connectivity index (χ2n) is 12.9. The summed E-state index contributed by atoms with van der Waals surface area (Å²) < 4.78 is 24.0. The molecule has 6 rings (SSSR count). The molecule has 0 amide bonds. The average Bonchev–Trinajstić information content (AvgIpc) is 3.35. The number of fused-ring (bicyclic) bond motifs is 3. The molecular weight excluding hydrogens is 448 g/mol. The number of cyclic esters (lactones) is 1. The van der Waals surface area contributed by atoms with Gasteiger partial charge in [-0.3, -0.25) is 9.59 Å². The van der Waals surface area contributed by atoms with Crippen LogP contribution in [0.1, 0.15) is 85.3 Å². The highest BCUT2D eigenvalue weighted by Crippen LogP contribution is 2.80. The fourth-order valence-corrected chi connectivity index (χ4v) is 9.69. The Bertz CT molecular complexity index is 1110. The number of furan rings is 1. The van der Waals surface area contributed by atoms with Gasteiger partial charge in [0.05, 0.1) is 12.5 Å². The van der Waals surface area contributed by atoms with Crippen LogP contribution in [0.15, 0.2) is 23.0 Å². The van der Waals surface area contributed by atoms with Gasteiger partial charge in [-0.2, -0.15) is 0 Å². The molecular formula is C28H36O7. The third-order valence-electron chi connectivity index (χ3n) is 11.3. The lowest BCUT2D eigenvalue weighted by atomic mass is 9.35. The smallest absolute Gasteiger partial charge is 0.339 e. The van der Waals surface area contributed by atoms with Crippen molar-refractivity contribution in [1.29, 1.82) is 0 Å². The number of ether oxygens (including phenoxy) is 3. The van der Waals surface area contributed by atoms with Crippen LogP contribution in [0.3, 0.4) is 0 Å². The van der Waals surface area contributed by atoms with Gasteiger partial charge in [-0.1, -0.05) is 34.6 Å². The maximum atomic E-state index is 13.3. The summed E-state index contributed by atoms with van der Waals surface area (Å²) in [7, 11) is 0. The van der Waals surface area contributed by atoms with E-state index in [1.807, 2.05) is 6.07 Å². The molecule has 2 aliphatic heterocycles. The van der Waals surface area contributed by atoms with Gasteiger partial charge in [-0.25, -0.2) is 4.79 Å². The fourth-order valence-electron chi connectivity index (χ4n) is 9.69. The molecule has 0 N–H and O–H groups in total. The van der Waals surface area contributed by atoms with E-state index in [-0.39, 0.29) is 35.0 Å². The summed E-state index contributed by atoms with van der Waals surface area (Å²) in [6.07, 6.45) is 5.22. The van der Waals surface area contributed by atoms with Crippen molar-refractivity contribution >= 4 is 17.7 Å². The zero-order valence-electron chi connectivity index (χ0n) is 21.5. The minimum absolute atomic E-state index is 0.0804.